The minimum absolute atomic E-state index is 0. The van der Waals surface area contributed by atoms with E-state index in [2.05, 4.69) is 4.74 Å². The summed E-state index contributed by atoms with van der Waals surface area (Å²) in [7, 11) is 1.21. The van der Waals surface area contributed by atoms with E-state index in [1.54, 1.807) is 0 Å². The third-order valence-corrected chi connectivity index (χ3v) is 1.36. The van der Waals surface area contributed by atoms with Gasteiger partial charge < -0.3 is 9.94 Å². The van der Waals surface area contributed by atoms with Gasteiger partial charge in [-0.3, -0.25) is 5.41 Å². The van der Waals surface area contributed by atoms with Crippen LogP contribution in [0.5, 0.6) is 0 Å². The van der Waals surface area contributed by atoms with Gasteiger partial charge >= 0.3 is 5.97 Å². The standard InChI is InChI=1S/C7H8N2O3.ClH/c1-12-7(10)5-3-2-4-6(8)9(5)11;/h2-4,8,11H,1H3;1H. The highest BCUT2D eigenvalue weighted by molar-refractivity contribution is 5.87. The molecule has 1 aromatic heterocycles. The van der Waals surface area contributed by atoms with Crippen molar-refractivity contribution in [2.24, 2.45) is 0 Å². The zero-order valence-corrected chi connectivity index (χ0v) is 7.67. The Balaban J connectivity index is 0.00000144. The van der Waals surface area contributed by atoms with E-state index in [4.69, 9.17) is 10.6 Å². The third-order valence-electron chi connectivity index (χ3n) is 1.36. The molecule has 0 saturated carbocycles. The lowest BCUT2D eigenvalue weighted by Crippen LogP contribution is -2.23. The molecule has 13 heavy (non-hydrogen) atoms. The second-order valence-electron chi connectivity index (χ2n) is 2.10. The number of nitrogens with zero attached hydrogens (tertiary/aromatic N) is 1. The smallest absolute Gasteiger partial charge is 0.358 e. The molecule has 0 bridgehead atoms. The second-order valence-corrected chi connectivity index (χ2v) is 2.10. The first-order valence-electron chi connectivity index (χ1n) is 3.21. The van der Waals surface area contributed by atoms with Crippen LogP contribution >= 0.6 is 12.4 Å². The summed E-state index contributed by atoms with van der Waals surface area (Å²) in [5.74, 6) is -0.674. The minimum Gasteiger partial charge on any atom is -0.464 e. The zero-order chi connectivity index (χ0) is 9.14. The number of hydrogen-bond donors (Lipinski definition) is 2. The van der Waals surface area contributed by atoms with Crippen molar-refractivity contribution in [1.82, 2.24) is 4.73 Å². The van der Waals surface area contributed by atoms with Gasteiger partial charge in [0.05, 0.1) is 7.11 Å². The molecule has 0 amide bonds. The number of hydrogen-bond acceptors (Lipinski definition) is 4. The number of methoxy groups -OCH3 is 1. The van der Waals surface area contributed by atoms with E-state index in [-0.39, 0.29) is 23.6 Å². The first kappa shape index (κ1) is 11.5. The molecule has 2 N–H and O–H groups in total. The fourth-order valence-corrected chi connectivity index (χ4v) is 0.760. The molecule has 1 aromatic rings. The lowest BCUT2D eigenvalue weighted by atomic mass is 10.3. The van der Waals surface area contributed by atoms with Crippen LogP contribution in [0.4, 0.5) is 0 Å². The minimum atomic E-state index is -0.674. The van der Waals surface area contributed by atoms with Gasteiger partial charge in [-0.2, -0.15) is 4.73 Å². The summed E-state index contributed by atoms with van der Waals surface area (Å²) in [6, 6.07) is 4.21. The molecule has 0 radical (unpaired) electrons. The second kappa shape index (κ2) is 4.51. The number of aromatic nitrogens is 1. The average Bonchev–Trinajstić information content (AvgIpc) is 2.08. The number of ether oxygens (including phenoxy) is 1. The Kier molecular flexibility index (Phi) is 4.00. The molecule has 0 aliphatic heterocycles. The quantitative estimate of drug-likeness (QED) is 0.514. The molecule has 6 heteroatoms. The molecule has 0 aromatic carbocycles. The molecule has 0 atom stereocenters. The fourth-order valence-electron chi connectivity index (χ4n) is 0.760. The Morgan fingerprint density at radius 3 is 2.77 bits per heavy atom. The molecule has 72 valence electrons. The molecule has 0 unspecified atom stereocenters. The average molecular weight is 205 g/mol. The molecule has 0 fully saturated rings. The van der Waals surface area contributed by atoms with E-state index in [0.29, 0.717) is 4.73 Å². The molecular weight excluding hydrogens is 196 g/mol. The Hall–Kier alpha value is -1.49. The molecule has 1 rings (SSSR count). The number of rotatable bonds is 1. The molecule has 0 spiro atoms. The third kappa shape index (κ3) is 2.22. The van der Waals surface area contributed by atoms with Crippen LogP contribution in [0.2, 0.25) is 0 Å². The number of pyridine rings is 1. The van der Waals surface area contributed by atoms with Gasteiger partial charge in [0.1, 0.15) is 0 Å². The highest BCUT2D eigenvalue weighted by Crippen LogP contribution is 1.95. The van der Waals surface area contributed by atoms with Crippen molar-refractivity contribution in [3.05, 3.63) is 29.4 Å². The van der Waals surface area contributed by atoms with E-state index in [1.807, 2.05) is 0 Å². The van der Waals surface area contributed by atoms with E-state index in [0.717, 1.165) is 0 Å². The van der Waals surface area contributed by atoms with Crippen molar-refractivity contribution in [3.63, 3.8) is 0 Å². The molecular formula is C7H9ClN2O3. The van der Waals surface area contributed by atoms with Crippen LogP contribution in [-0.2, 0) is 4.74 Å². The first-order valence-corrected chi connectivity index (χ1v) is 3.21. The SMILES string of the molecule is COC(=O)c1cccc(=N)n1O.Cl. The normalized spacial score (nSPS) is 8.69. The van der Waals surface area contributed by atoms with Crippen molar-refractivity contribution in [3.8, 4) is 0 Å². The van der Waals surface area contributed by atoms with E-state index >= 15 is 0 Å². The summed E-state index contributed by atoms with van der Waals surface area (Å²) in [4.78, 5) is 10.9. The summed E-state index contributed by atoms with van der Waals surface area (Å²) < 4.78 is 4.83. The Morgan fingerprint density at radius 1 is 1.62 bits per heavy atom. The van der Waals surface area contributed by atoms with Crippen LogP contribution in [0, 0.1) is 5.41 Å². The van der Waals surface area contributed by atoms with Gasteiger partial charge in [0.15, 0.2) is 11.2 Å². The maximum Gasteiger partial charge on any atom is 0.358 e. The summed E-state index contributed by atoms with van der Waals surface area (Å²) in [6.07, 6.45) is 0. The topological polar surface area (TPSA) is 75.3 Å². The Labute approximate surface area is 80.5 Å². The monoisotopic (exact) mass is 204 g/mol. The predicted molar refractivity (Wildman–Crippen MR) is 46.1 cm³/mol. The van der Waals surface area contributed by atoms with Crippen LogP contribution in [0.25, 0.3) is 0 Å². The molecule has 0 saturated heterocycles. The van der Waals surface area contributed by atoms with E-state index in [9.17, 15) is 4.79 Å². The van der Waals surface area contributed by atoms with Gasteiger partial charge in [-0.1, -0.05) is 6.07 Å². The molecule has 1 heterocycles. The molecule has 5 nitrogen and oxygen atoms in total. The largest absolute Gasteiger partial charge is 0.464 e. The van der Waals surface area contributed by atoms with Gasteiger partial charge in [-0.05, 0) is 12.1 Å². The number of nitrogens with one attached hydrogen (secondary N) is 1. The Morgan fingerprint density at radius 2 is 2.23 bits per heavy atom. The summed E-state index contributed by atoms with van der Waals surface area (Å²) in [5.41, 5.74) is -0.233. The molecule has 0 aliphatic carbocycles. The van der Waals surface area contributed by atoms with E-state index < -0.39 is 5.97 Å². The van der Waals surface area contributed by atoms with Gasteiger partial charge in [0, 0.05) is 0 Å². The number of esters is 1. The predicted octanol–water partition coefficient (Wildman–Crippen LogP) is 0.413. The van der Waals surface area contributed by atoms with Crippen LogP contribution in [-0.4, -0.2) is 23.0 Å². The maximum atomic E-state index is 10.9. The highest BCUT2D eigenvalue weighted by Gasteiger charge is 2.09. The summed E-state index contributed by atoms with van der Waals surface area (Å²) in [6.45, 7) is 0. The van der Waals surface area contributed by atoms with Gasteiger partial charge in [-0.25, -0.2) is 4.79 Å². The first-order chi connectivity index (χ1) is 5.66. The van der Waals surface area contributed by atoms with Crippen molar-refractivity contribution < 1.29 is 14.7 Å². The van der Waals surface area contributed by atoms with Crippen LogP contribution in [0.3, 0.4) is 0 Å². The molecule has 0 aliphatic rings. The fraction of sp³-hybridized carbons (Fsp3) is 0.143. The zero-order valence-electron chi connectivity index (χ0n) is 6.85. The van der Waals surface area contributed by atoms with Crippen molar-refractivity contribution in [2.75, 3.05) is 7.11 Å². The Bertz CT molecular complexity index is 361. The van der Waals surface area contributed by atoms with Crippen molar-refractivity contribution >= 4 is 18.4 Å². The summed E-state index contributed by atoms with van der Waals surface area (Å²) >= 11 is 0. The van der Waals surface area contributed by atoms with Gasteiger partial charge in [-0.15, -0.1) is 12.4 Å². The number of halogens is 1. The highest BCUT2D eigenvalue weighted by atomic mass is 35.5. The van der Waals surface area contributed by atoms with Gasteiger partial charge in [0.25, 0.3) is 0 Å². The summed E-state index contributed by atoms with van der Waals surface area (Å²) in [5, 5.41) is 16.3. The van der Waals surface area contributed by atoms with Crippen molar-refractivity contribution in [2.45, 2.75) is 0 Å². The number of carbonyl (C=O) groups excluding carboxylic acids is 1. The van der Waals surface area contributed by atoms with E-state index in [1.165, 1.54) is 25.3 Å². The lowest BCUT2D eigenvalue weighted by Gasteiger charge is -2.03. The lowest BCUT2D eigenvalue weighted by molar-refractivity contribution is 0.0537. The van der Waals surface area contributed by atoms with Crippen LogP contribution in [0.15, 0.2) is 18.2 Å². The van der Waals surface area contributed by atoms with Gasteiger partial charge in [0.2, 0.25) is 0 Å². The van der Waals surface area contributed by atoms with Crippen LogP contribution < -0.4 is 5.49 Å². The van der Waals surface area contributed by atoms with Crippen LogP contribution in [0.1, 0.15) is 10.5 Å². The number of carbonyl (C=O) groups is 1. The van der Waals surface area contributed by atoms with Crippen molar-refractivity contribution in [1.29, 1.82) is 5.41 Å². The maximum absolute atomic E-state index is 10.9.